The Balaban J connectivity index is -0.0000000192. The molecule has 106 valence electrons. The summed E-state index contributed by atoms with van der Waals surface area (Å²) in [5, 5.41) is 29.7. The molecule has 10 heteroatoms. The number of carboxylic acid groups (broad SMARTS) is 4. The zero-order chi connectivity index (χ0) is 14.3. The van der Waals surface area contributed by atoms with Gasteiger partial charge in [-0.15, -0.1) is 0 Å². The molecule has 0 fully saturated rings. The van der Waals surface area contributed by atoms with Crippen molar-refractivity contribution in [3.63, 3.8) is 0 Å². The van der Waals surface area contributed by atoms with E-state index in [9.17, 15) is 0 Å². The van der Waals surface area contributed by atoms with Gasteiger partial charge in [-0.25, -0.2) is 0 Å². The first-order valence-corrected chi connectivity index (χ1v) is 3.71. The molecule has 0 saturated heterocycles. The van der Waals surface area contributed by atoms with Gasteiger partial charge in [0.2, 0.25) is 0 Å². The first kappa shape index (κ1) is 36.0. The van der Waals surface area contributed by atoms with Crippen molar-refractivity contribution >= 4 is 23.9 Å². The average Bonchev–Trinajstić information content (AvgIpc) is 1.76. The topological polar surface area (TPSA) is 184 Å². The van der Waals surface area contributed by atoms with Gasteiger partial charge in [-0.1, -0.05) is 0 Å². The van der Waals surface area contributed by atoms with Gasteiger partial charge in [-0.3, -0.25) is 19.2 Å². The van der Waals surface area contributed by atoms with Crippen molar-refractivity contribution in [2.75, 3.05) is 0 Å². The van der Waals surface area contributed by atoms with Crippen LogP contribution in [0.2, 0.25) is 0 Å². The third kappa shape index (κ3) is 2110. The van der Waals surface area contributed by atoms with E-state index in [0.29, 0.717) is 0 Å². The summed E-state index contributed by atoms with van der Waals surface area (Å²) < 4.78 is 0. The van der Waals surface area contributed by atoms with Crippen LogP contribution in [-0.4, -0.2) is 44.3 Å². The third-order valence-electron chi connectivity index (χ3n) is 0. The second kappa shape index (κ2) is 29.7. The Hall–Kier alpha value is -1.16. The molecule has 0 bridgehead atoms. The maximum Gasteiger partial charge on any atom is 1.00 e. The van der Waals surface area contributed by atoms with Crippen molar-refractivity contribution in [2.24, 2.45) is 0 Å². The van der Waals surface area contributed by atoms with E-state index in [1.807, 2.05) is 0 Å². The van der Waals surface area contributed by atoms with Crippen molar-refractivity contribution in [3.05, 3.63) is 0 Å². The summed E-state index contributed by atoms with van der Waals surface area (Å²) in [6.07, 6.45) is 0. The van der Waals surface area contributed by atoms with E-state index in [-0.39, 0.29) is 37.1 Å². The van der Waals surface area contributed by atoms with Crippen molar-refractivity contribution in [3.8, 4) is 0 Å². The molecule has 0 aromatic heterocycles. The van der Waals surface area contributed by atoms with Gasteiger partial charge in [-0.05, 0) is 0 Å². The smallest absolute Gasteiger partial charge is 1.00 e. The maximum atomic E-state index is 9.00. The van der Waals surface area contributed by atoms with Crippen LogP contribution in [0.15, 0.2) is 0 Å². The van der Waals surface area contributed by atoms with Crippen molar-refractivity contribution < 1.29 is 70.6 Å². The van der Waals surface area contributed by atoms with Crippen LogP contribution in [0.25, 0.3) is 0 Å². The fraction of sp³-hybridized carbons (Fsp3) is 0.500. The van der Waals surface area contributed by atoms with E-state index in [2.05, 4.69) is 0 Å². The first-order valence-electron chi connectivity index (χ1n) is 3.71. The molecule has 0 aromatic carbocycles. The van der Waals surface area contributed by atoms with E-state index in [1.54, 1.807) is 0 Å². The van der Waals surface area contributed by atoms with Gasteiger partial charge in [-0.2, -0.15) is 0 Å². The number of hydrogen-bond acceptors (Lipinski definition) is 5. The normalized spacial score (nSPS) is 5.56. The molecule has 0 aromatic rings. The van der Waals surface area contributed by atoms with Crippen LogP contribution < -0.4 is 35.7 Å². The maximum absolute atomic E-state index is 9.00. The van der Waals surface area contributed by atoms with Gasteiger partial charge in [0.15, 0.2) is 0 Å². The predicted octanol–water partition coefficient (Wildman–Crippen LogP) is -2.36. The molecule has 0 unspecified atom stereocenters. The number of aliphatic carboxylic acids is 4. The van der Waals surface area contributed by atoms with Crippen molar-refractivity contribution in [2.45, 2.75) is 27.7 Å². The van der Waals surface area contributed by atoms with Crippen molar-refractivity contribution in [1.29, 1.82) is 0 Å². The minimum absolute atomic E-state index is 0. The van der Waals surface area contributed by atoms with Crippen LogP contribution >= 0.6 is 0 Å². The molecule has 0 radical (unpaired) electrons. The SMILES string of the molecule is CC(=O)O.CC(=O)O.CC(=O)O.CC(=O)O.N.[H-].[Na+]. The fourth-order valence-electron chi connectivity index (χ4n) is 0. The number of carboxylic acids is 4. The Labute approximate surface area is 128 Å². The van der Waals surface area contributed by atoms with E-state index >= 15 is 0 Å². The van der Waals surface area contributed by atoms with Crippen LogP contribution in [0.3, 0.4) is 0 Å². The average molecular weight is 281 g/mol. The Morgan fingerprint density at radius 3 is 0.611 bits per heavy atom. The summed E-state index contributed by atoms with van der Waals surface area (Å²) in [5.74, 6) is -3.33. The number of rotatable bonds is 0. The van der Waals surface area contributed by atoms with E-state index < -0.39 is 23.9 Å². The molecule has 0 aliphatic rings. The van der Waals surface area contributed by atoms with Crippen LogP contribution in [-0.2, 0) is 19.2 Å². The van der Waals surface area contributed by atoms with Gasteiger partial charge in [0.1, 0.15) is 0 Å². The molecule has 0 spiro atoms. The molecule has 0 rings (SSSR count). The summed E-state index contributed by atoms with van der Waals surface area (Å²) in [6, 6.07) is 0. The van der Waals surface area contributed by atoms with Gasteiger partial charge in [0.05, 0.1) is 0 Å². The zero-order valence-corrected chi connectivity index (χ0v) is 13.1. The zero-order valence-electron chi connectivity index (χ0n) is 12.1. The molecule has 0 aliphatic heterocycles. The molecule has 0 saturated carbocycles. The van der Waals surface area contributed by atoms with Crippen LogP contribution in [0.5, 0.6) is 0 Å². The number of carbonyl (C=O) groups is 4. The van der Waals surface area contributed by atoms with E-state index in [0.717, 1.165) is 27.7 Å². The Bertz CT molecular complexity index is 173. The van der Waals surface area contributed by atoms with E-state index in [1.165, 1.54) is 0 Å². The second-order valence-electron chi connectivity index (χ2n) is 2.08. The Morgan fingerprint density at radius 1 is 0.611 bits per heavy atom. The summed E-state index contributed by atoms with van der Waals surface area (Å²) in [7, 11) is 0. The van der Waals surface area contributed by atoms with Crippen LogP contribution in [0.4, 0.5) is 0 Å². The molecule has 9 nitrogen and oxygen atoms in total. The molecule has 7 N–H and O–H groups in total. The summed E-state index contributed by atoms with van der Waals surface area (Å²) in [5.41, 5.74) is 0. The number of hydrogen-bond donors (Lipinski definition) is 5. The monoisotopic (exact) mass is 281 g/mol. The quantitative estimate of drug-likeness (QED) is 0.303. The molecule has 0 heterocycles. The predicted molar refractivity (Wildman–Crippen MR) is 59.4 cm³/mol. The first-order chi connectivity index (χ1) is 6.93. The molecular formula is C8H20NNaO8. The molecule has 0 amide bonds. The second-order valence-corrected chi connectivity index (χ2v) is 2.08. The van der Waals surface area contributed by atoms with Gasteiger partial charge < -0.3 is 28.0 Å². The largest absolute Gasteiger partial charge is 1.00 e. The molecular weight excluding hydrogens is 261 g/mol. The molecule has 0 aliphatic carbocycles. The standard InChI is InChI=1S/4C2H4O2.H3N.Na.H/c4*1-2(3)4;;;/h4*1H3,(H,3,4);1H3;;/q;;;;;+1;-1. The van der Waals surface area contributed by atoms with Crippen LogP contribution in [0, 0.1) is 0 Å². The molecule has 0 atom stereocenters. The van der Waals surface area contributed by atoms with Gasteiger partial charge in [0, 0.05) is 27.7 Å². The summed E-state index contributed by atoms with van der Waals surface area (Å²) in [4.78, 5) is 36.0. The minimum Gasteiger partial charge on any atom is -1.00 e. The van der Waals surface area contributed by atoms with Crippen LogP contribution in [0.1, 0.15) is 29.1 Å². The Morgan fingerprint density at radius 2 is 0.611 bits per heavy atom. The third-order valence-corrected chi connectivity index (χ3v) is 0. The van der Waals surface area contributed by atoms with Gasteiger partial charge in [0.25, 0.3) is 23.9 Å². The fourth-order valence-corrected chi connectivity index (χ4v) is 0. The minimum atomic E-state index is -0.833. The Kier molecular flexibility index (Phi) is 59.3. The summed E-state index contributed by atoms with van der Waals surface area (Å²) in [6.45, 7) is 4.33. The van der Waals surface area contributed by atoms with E-state index in [4.69, 9.17) is 39.6 Å². The van der Waals surface area contributed by atoms with Crippen molar-refractivity contribution in [1.82, 2.24) is 6.15 Å². The summed E-state index contributed by atoms with van der Waals surface area (Å²) >= 11 is 0. The molecule has 18 heavy (non-hydrogen) atoms. The van der Waals surface area contributed by atoms with Gasteiger partial charge >= 0.3 is 29.6 Å².